The first-order chi connectivity index (χ1) is 9.78. The van der Waals surface area contributed by atoms with Crippen LogP contribution in [-0.2, 0) is 13.0 Å². The highest BCUT2D eigenvalue weighted by Crippen LogP contribution is 2.34. The maximum atomic E-state index is 6.18. The molecule has 1 atom stereocenters. The zero-order valence-corrected chi connectivity index (χ0v) is 14.0. The average Bonchev–Trinajstić information content (AvgIpc) is 2.78. The second-order valence-electron chi connectivity index (χ2n) is 5.78. The Morgan fingerprint density at radius 3 is 3.05 bits per heavy atom. The highest BCUT2D eigenvalue weighted by molar-refractivity contribution is 9.10. The van der Waals surface area contributed by atoms with Crippen molar-refractivity contribution >= 4 is 27.5 Å². The van der Waals surface area contributed by atoms with Crippen LogP contribution in [0.15, 0.2) is 16.6 Å². The average molecular weight is 359 g/mol. The molecule has 1 aromatic rings. The normalized spacial score (nSPS) is 23.2. The molecule has 1 saturated heterocycles. The van der Waals surface area contributed by atoms with Gasteiger partial charge in [0.25, 0.3) is 0 Å². The summed E-state index contributed by atoms with van der Waals surface area (Å²) in [4.78, 5) is 2.55. The summed E-state index contributed by atoms with van der Waals surface area (Å²) in [5, 5.41) is 0. The van der Waals surface area contributed by atoms with Crippen molar-refractivity contribution in [3.05, 3.63) is 27.7 Å². The number of ether oxygens (including phenoxy) is 1. The van der Waals surface area contributed by atoms with Crippen molar-refractivity contribution in [2.45, 2.75) is 44.7 Å². The molecule has 0 bridgehead atoms. The highest BCUT2D eigenvalue weighted by Gasteiger charge is 2.24. The Kier molecular flexibility index (Phi) is 4.90. The molecule has 2 nitrogen and oxygen atoms in total. The molecular weight excluding hydrogens is 338 g/mol. The van der Waals surface area contributed by atoms with Gasteiger partial charge in [0.2, 0.25) is 0 Å². The number of fused-ring (bicyclic) bond motifs is 1. The molecule has 0 saturated carbocycles. The summed E-state index contributed by atoms with van der Waals surface area (Å²) >= 11 is 9.81. The lowest BCUT2D eigenvalue weighted by Gasteiger charge is -2.29. The van der Waals surface area contributed by atoms with E-state index in [2.05, 4.69) is 33.0 Å². The molecule has 0 N–H and O–H groups in total. The van der Waals surface area contributed by atoms with E-state index < -0.39 is 0 Å². The van der Waals surface area contributed by atoms with Crippen LogP contribution in [0, 0.1) is 0 Å². The van der Waals surface area contributed by atoms with Crippen molar-refractivity contribution in [1.82, 2.24) is 4.90 Å². The lowest BCUT2D eigenvalue weighted by atomic mass is 10.1. The van der Waals surface area contributed by atoms with Crippen molar-refractivity contribution < 1.29 is 4.74 Å². The van der Waals surface area contributed by atoms with Crippen LogP contribution in [0.3, 0.4) is 0 Å². The predicted octanol–water partition coefficient (Wildman–Crippen LogP) is 4.37. The van der Waals surface area contributed by atoms with Gasteiger partial charge >= 0.3 is 0 Å². The third kappa shape index (κ3) is 3.15. The molecule has 20 heavy (non-hydrogen) atoms. The summed E-state index contributed by atoms with van der Waals surface area (Å²) in [7, 11) is 0. The van der Waals surface area contributed by atoms with E-state index in [1.807, 2.05) is 0 Å². The molecule has 4 heteroatoms. The molecule has 2 aliphatic heterocycles. The molecule has 1 fully saturated rings. The van der Waals surface area contributed by atoms with Crippen LogP contribution in [0.2, 0.25) is 0 Å². The number of benzene rings is 1. The summed E-state index contributed by atoms with van der Waals surface area (Å²) in [6.45, 7) is 2.93. The minimum Gasteiger partial charge on any atom is -0.493 e. The first-order valence-electron chi connectivity index (χ1n) is 7.52. The summed E-state index contributed by atoms with van der Waals surface area (Å²) < 4.78 is 7.01. The number of rotatable bonds is 3. The number of hydrogen-bond donors (Lipinski definition) is 0. The van der Waals surface area contributed by atoms with Gasteiger partial charge in [0.05, 0.1) is 6.61 Å². The van der Waals surface area contributed by atoms with Crippen LogP contribution >= 0.6 is 27.5 Å². The van der Waals surface area contributed by atoms with Crippen molar-refractivity contribution in [3.8, 4) is 5.75 Å². The van der Waals surface area contributed by atoms with E-state index in [0.29, 0.717) is 6.04 Å². The Hall–Kier alpha value is -0.250. The van der Waals surface area contributed by atoms with Crippen LogP contribution in [-0.4, -0.2) is 30.0 Å². The van der Waals surface area contributed by atoms with Gasteiger partial charge in [-0.05, 0) is 37.1 Å². The molecule has 1 unspecified atom stereocenters. The summed E-state index contributed by atoms with van der Waals surface area (Å²) in [6.07, 6.45) is 6.17. The van der Waals surface area contributed by atoms with Crippen molar-refractivity contribution in [3.63, 3.8) is 0 Å². The standard InChI is InChI=1S/C16H21BrClNO/c17-14-8-12-5-7-20-16(12)13(9-14)11-19-6-3-1-2-4-15(19)10-18/h8-9,15H,1-7,10-11H2. The Balaban J connectivity index is 1.82. The molecule has 0 aliphatic carbocycles. The van der Waals surface area contributed by atoms with E-state index >= 15 is 0 Å². The van der Waals surface area contributed by atoms with E-state index in [1.165, 1.54) is 36.8 Å². The van der Waals surface area contributed by atoms with Gasteiger partial charge in [0.1, 0.15) is 5.75 Å². The fourth-order valence-electron chi connectivity index (χ4n) is 3.30. The van der Waals surface area contributed by atoms with E-state index in [1.54, 1.807) is 0 Å². The molecule has 3 rings (SSSR count). The molecule has 2 heterocycles. The summed E-state index contributed by atoms with van der Waals surface area (Å²) in [5.41, 5.74) is 2.65. The fraction of sp³-hybridized carbons (Fsp3) is 0.625. The second-order valence-corrected chi connectivity index (χ2v) is 7.00. The van der Waals surface area contributed by atoms with E-state index in [9.17, 15) is 0 Å². The van der Waals surface area contributed by atoms with E-state index in [0.717, 1.165) is 42.2 Å². The van der Waals surface area contributed by atoms with Gasteiger partial charge < -0.3 is 4.74 Å². The maximum Gasteiger partial charge on any atom is 0.127 e. The fourth-order valence-corrected chi connectivity index (χ4v) is 4.20. The maximum absolute atomic E-state index is 6.18. The van der Waals surface area contributed by atoms with E-state index in [-0.39, 0.29) is 0 Å². The lowest BCUT2D eigenvalue weighted by molar-refractivity contribution is 0.204. The minimum absolute atomic E-state index is 0.509. The summed E-state index contributed by atoms with van der Waals surface area (Å²) in [6, 6.07) is 4.91. The molecule has 0 spiro atoms. The molecular formula is C16H21BrClNO. The summed E-state index contributed by atoms with van der Waals surface area (Å²) in [5.74, 6) is 1.85. The van der Waals surface area contributed by atoms with Gasteiger partial charge in [-0.2, -0.15) is 0 Å². The molecule has 1 aromatic carbocycles. The van der Waals surface area contributed by atoms with Gasteiger partial charge in [-0.15, -0.1) is 11.6 Å². The third-order valence-corrected chi connectivity index (χ3v) is 5.19. The minimum atomic E-state index is 0.509. The Morgan fingerprint density at radius 2 is 2.20 bits per heavy atom. The molecule has 2 aliphatic rings. The first kappa shape index (κ1) is 14.7. The Labute approximate surface area is 134 Å². The SMILES string of the molecule is ClCC1CCCCCN1Cc1cc(Br)cc2c1OCC2. The third-order valence-electron chi connectivity index (χ3n) is 4.38. The number of likely N-dealkylation sites (tertiary alicyclic amines) is 1. The van der Waals surface area contributed by atoms with Crippen molar-refractivity contribution in [2.75, 3.05) is 19.0 Å². The zero-order valence-electron chi connectivity index (χ0n) is 11.7. The Morgan fingerprint density at radius 1 is 1.30 bits per heavy atom. The lowest BCUT2D eigenvalue weighted by Crippen LogP contribution is -2.35. The van der Waals surface area contributed by atoms with Gasteiger partial charge in [-0.3, -0.25) is 4.90 Å². The predicted molar refractivity (Wildman–Crippen MR) is 86.7 cm³/mol. The number of alkyl halides is 1. The smallest absolute Gasteiger partial charge is 0.127 e. The number of nitrogens with zero attached hydrogens (tertiary/aromatic N) is 1. The largest absolute Gasteiger partial charge is 0.493 e. The van der Waals surface area contributed by atoms with Gasteiger partial charge in [-0.25, -0.2) is 0 Å². The van der Waals surface area contributed by atoms with E-state index in [4.69, 9.17) is 16.3 Å². The van der Waals surface area contributed by atoms with Crippen molar-refractivity contribution in [2.24, 2.45) is 0 Å². The number of hydrogen-bond acceptors (Lipinski definition) is 2. The van der Waals surface area contributed by atoms with Crippen molar-refractivity contribution in [1.29, 1.82) is 0 Å². The van der Waals surface area contributed by atoms with Gasteiger partial charge in [0.15, 0.2) is 0 Å². The molecule has 110 valence electrons. The first-order valence-corrected chi connectivity index (χ1v) is 8.85. The van der Waals surface area contributed by atoms with Crippen LogP contribution in [0.4, 0.5) is 0 Å². The van der Waals surface area contributed by atoms with Crippen LogP contribution in [0.25, 0.3) is 0 Å². The topological polar surface area (TPSA) is 12.5 Å². The zero-order chi connectivity index (χ0) is 13.9. The molecule has 0 aromatic heterocycles. The van der Waals surface area contributed by atoms with Crippen LogP contribution < -0.4 is 4.74 Å². The van der Waals surface area contributed by atoms with Crippen LogP contribution in [0.5, 0.6) is 5.75 Å². The Bertz CT molecular complexity index is 480. The van der Waals surface area contributed by atoms with Crippen LogP contribution in [0.1, 0.15) is 36.8 Å². The number of halogens is 2. The van der Waals surface area contributed by atoms with Gasteiger partial charge in [-0.1, -0.05) is 28.8 Å². The highest BCUT2D eigenvalue weighted by atomic mass is 79.9. The quantitative estimate of drug-likeness (QED) is 0.744. The molecule has 0 amide bonds. The monoisotopic (exact) mass is 357 g/mol. The van der Waals surface area contributed by atoms with Gasteiger partial charge in [0, 0.05) is 34.9 Å². The molecule has 0 radical (unpaired) electrons. The second kappa shape index (κ2) is 6.67.